The molecule has 13 heteroatoms. The molecule has 2 aliphatic heterocycles. The predicted octanol–water partition coefficient (Wildman–Crippen LogP) is 3.84. The number of hydrogen-bond acceptors (Lipinski definition) is 8. The van der Waals surface area contributed by atoms with Crippen molar-refractivity contribution in [3.05, 3.63) is 66.3 Å². The fraction of sp³-hybridized carbons (Fsp3) is 0.385. The lowest BCUT2D eigenvalue weighted by atomic mass is 10.0. The van der Waals surface area contributed by atoms with Gasteiger partial charge in [0, 0.05) is 57.1 Å². The van der Waals surface area contributed by atoms with Crippen LogP contribution in [0.3, 0.4) is 0 Å². The van der Waals surface area contributed by atoms with E-state index >= 15 is 0 Å². The number of para-hydroxylation sites is 1. The molecule has 208 valence electrons. The first-order chi connectivity index (χ1) is 18.3. The summed E-state index contributed by atoms with van der Waals surface area (Å²) in [5, 5.41) is 6.24. The number of benzene rings is 1. The molecule has 3 amide bonds. The van der Waals surface area contributed by atoms with E-state index in [0.29, 0.717) is 44.1 Å². The number of fused-ring (bicyclic) bond motifs is 1. The Morgan fingerprint density at radius 2 is 1.74 bits per heavy atom. The predicted molar refractivity (Wildman–Crippen MR) is 158 cm³/mol. The zero-order valence-corrected chi connectivity index (χ0v) is 24.9. The maximum atomic E-state index is 13.6. The zero-order valence-electron chi connectivity index (χ0n) is 21.7. The van der Waals surface area contributed by atoms with Gasteiger partial charge in [-0.25, -0.2) is 4.98 Å². The molecule has 0 atom stereocenters. The highest BCUT2D eigenvalue weighted by molar-refractivity contribution is 7.18. The zero-order chi connectivity index (χ0) is 26.8. The minimum atomic E-state index is -0.358. The highest BCUT2D eigenvalue weighted by Gasteiger charge is 2.27. The van der Waals surface area contributed by atoms with Crippen LogP contribution in [0, 0.1) is 0 Å². The van der Waals surface area contributed by atoms with Crippen LogP contribution in [-0.2, 0) is 19.5 Å². The Bertz CT molecular complexity index is 1370. The number of piperazine rings is 1. The van der Waals surface area contributed by atoms with Gasteiger partial charge >= 0.3 is 0 Å². The van der Waals surface area contributed by atoms with E-state index in [4.69, 9.17) is 11.6 Å². The molecule has 5 rings (SSSR count). The lowest BCUT2D eigenvalue weighted by Crippen LogP contribution is -2.47. The van der Waals surface area contributed by atoms with Gasteiger partial charge in [-0.15, -0.1) is 35.1 Å². The van der Waals surface area contributed by atoms with Gasteiger partial charge in [0.1, 0.15) is 0 Å². The van der Waals surface area contributed by atoms with E-state index in [9.17, 15) is 14.4 Å². The first-order valence-electron chi connectivity index (χ1n) is 12.4. The molecule has 4 heterocycles. The summed E-state index contributed by atoms with van der Waals surface area (Å²) in [6.45, 7) is 4.58. The van der Waals surface area contributed by atoms with Crippen LogP contribution >= 0.6 is 46.7 Å². The van der Waals surface area contributed by atoms with Gasteiger partial charge in [-0.1, -0.05) is 23.7 Å². The number of halogens is 2. The normalized spacial score (nSPS) is 15.8. The third-order valence-electron chi connectivity index (χ3n) is 6.76. The molecule has 2 N–H and O–H groups in total. The third kappa shape index (κ3) is 6.79. The van der Waals surface area contributed by atoms with Crippen LogP contribution in [-0.4, -0.2) is 84.2 Å². The fourth-order valence-electron chi connectivity index (χ4n) is 4.54. The molecule has 2 aromatic heterocycles. The quantitative estimate of drug-likeness (QED) is 0.441. The van der Waals surface area contributed by atoms with Crippen molar-refractivity contribution >= 4 is 70.1 Å². The third-order valence-corrected chi connectivity index (χ3v) is 9.07. The standard InChI is InChI=1S/C26H29ClN6O3S2.ClH/c1-31-10-12-33(13-11-31)26(36)17-5-3-4-16(14-28-23(34)19-6-7-21(27)37-19)22(17)30-24(35)25-29-18-8-9-32(2)15-20(18)38-25;/h3-7H,8-15H2,1-2H3,(H,28,34)(H,30,35);1H. The molecule has 0 bridgehead atoms. The first-order valence-corrected chi connectivity index (χ1v) is 14.4. The maximum absolute atomic E-state index is 13.6. The number of thiophene rings is 1. The number of likely N-dealkylation sites (N-methyl/N-ethyl adjacent to an activating group) is 2. The summed E-state index contributed by atoms with van der Waals surface area (Å²) >= 11 is 8.56. The van der Waals surface area contributed by atoms with E-state index in [1.807, 2.05) is 14.1 Å². The Morgan fingerprint density at radius 1 is 0.974 bits per heavy atom. The topological polar surface area (TPSA) is 97.9 Å². The van der Waals surface area contributed by atoms with Crippen molar-refractivity contribution in [3.8, 4) is 0 Å². The van der Waals surface area contributed by atoms with E-state index in [0.717, 1.165) is 43.2 Å². The molecule has 1 aromatic carbocycles. The first kappa shape index (κ1) is 29.4. The number of hydrogen-bond donors (Lipinski definition) is 2. The molecule has 0 aliphatic carbocycles. The van der Waals surface area contributed by atoms with Gasteiger partial charge in [0.2, 0.25) is 0 Å². The molecule has 0 saturated carbocycles. The summed E-state index contributed by atoms with van der Waals surface area (Å²) in [5.74, 6) is -0.776. The highest BCUT2D eigenvalue weighted by atomic mass is 35.5. The van der Waals surface area contributed by atoms with Crippen molar-refractivity contribution in [3.63, 3.8) is 0 Å². The average molecular weight is 610 g/mol. The number of thiazole rings is 1. The Hall–Kier alpha value is -2.54. The molecule has 1 fully saturated rings. The maximum Gasteiger partial charge on any atom is 0.284 e. The molecule has 0 spiro atoms. The van der Waals surface area contributed by atoms with Gasteiger partial charge < -0.3 is 25.3 Å². The average Bonchev–Trinajstić information content (AvgIpc) is 3.54. The second-order valence-corrected chi connectivity index (χ2v) is 12.4. The number of carbonyl (C=O) groups is 3. The molecular weight excluding hydrogens is 579 g/mol. The van der Waals surface area contributed by atoms with Crippen LogP contribution in [0.2, 0.25) is 4.34 Å². The fourth-order valence-corrected chi connectivity index (χ4v) is 6.58. The van der Waals surface area contributed by atoms with Gasteiger partial charge in [0.15, 0.2) is 5.01 Å². The molecule has 3 aromatic rings. The van der Waals surface area contributed by atoms with E-state index in [1.165, 1.54) is 22.7 Å². The lowest BCUT2D eigenvalue weighted by Gasteiger charge is -2.33. The van der Waals surface area contributed by atoms with Crippen LogP contribution in [0.25, 0.3) is 0 Å². The van der Waals surface area contributed by atoms with Gasteiger partial charge in [0.25, 0.3) is 17.7 Å². The molecular formula is C26H30Cl2N6O3S2. The van der Waals surface area contributed by atoms with Crippen LogP contribution in [0.1, 0.15) is 46.0 Å². The van der Waals surface area contributed by atoms with Crippen LogP contribution < -0.4 is 10.6 Å². The molecule has 0 radical (unpaired) electrons. The minimum absolute atomic E-state index is 0. The summed E-state index contributed by atoms with van der Waals surface area (Å²) in [5.41, 5.74) is 2.39. The van der Waals surface area contributed by atoms with Gasteiger partial charge in [-0.3, -0.25) is 14.4 Å². The number of rotatable bonds is 6. The van der Waals surface area contributed by atoms with Crippen LogP contribution in [0.4, 0.5) is 5.69 Å². The number of nitrogens with zero attached hydrogens (tertiary/aromatic N) is 4. The van der Waals surface area contributed by atoms with Crippen LogP contribution in [0.5, 0.6) is 0 Å². The second-order valence-electron chi connectivity index (χ2n) is 9.55. The molecule has 1 saturated heterocycles. The number of anilines is 1. The number of carbonyl (C=O) groups excluding carboxylic acids is 3. The van der Waals surface area contributed by atoms with Crippen molar-refractivity contribution in [2.24, 2.45) is 0 Å². The summed E-state index contributed by atoms with van der Waals surface area (Å²) in [6.07, 6.45) is 0.804. The minimum Gasteiger partial charge on any atom is -0.347 e. The van der Waals surface area contributed by atoms with Crippen molar-refractivity contribution in [2.75, 3.05) is 52.1 Å². The SMILES string of the molecule is CN1CCN(C(=O)c2cccc(CNC(=O)c3ccc(Cl)s3)c2NC(=O)c2nc3c(s2)CN(C)CC3)CC1.Cl. The smallest absolute Gasteiger partial charge is 0.284 e. The van der Waals surface area contributed by atoms with Crippen molar-refractivity contribution in [1.29, 1.82) is 0 Å². The molecule has 39 heavy (non-hydrogen) atoms. The Labute approximate surface area is 246 Å². The van der Waals surface area contributed by atoms with Gasteiger partial charge in [-0.2, -0.15) is 0 Å². The molecule has 9 nitrogen and oxygen atoms in total. The monoisotopic (exact) mass is 608 g/mol. The van der Waals surface area contributed by atoms with E-state index < -0.39 is 0 Å². The van der Waals surface area contributed by atoms with E-state index in [2.05, 4.69) is 25.4 Å². The highest BCUT2D eigenvalue weighted by Crippen LogP contribution is 2.28. The second kappa shape index (κ2) is 12.8. The summed E-state index contributed by atoms with van der Waals surface area (Å²) in [7, 11) is 4.08. The van der Waals surface area contributed by atoms with Crippen molar-refractivity contribution < 1.29 is 14.4 Å². The number of amides is 3. The number of nitrogens with one attached hydrogen (secondary N) is 2. The summed E-state index contributed by atoms with van der Waals surface area (Å²) < 4.78 is 0.528. The summed E-state index contributed by atoms with van der Waals surface area (Å²) in [6, 6.07) is 8.65. The van der Waals surface area contributed by atoms with Crippen molar-refractivity contribution in [2.45, 2.75) is 19.5 Å². The summed E-state index contributed by atoms with van der Waals surface area (Å²) in [4.78, 5) is 52.1. The van der Waals surface area contributed by atoms with Crippen LogP contribution in [0.15, 0.2) is 30.3 Å². The molecule has 2 aliphatic rings. The Morgan fingerprint density at radius 3 is 2.46 bits per heavy atom. The van der Waals surface area contributed by atoms with E-state index in [-0.39, 0.29) is 36.7 Å². The van der Waals surface area contributed by atoms with Crippen molar-refractivity contribution in [1.82, 2.24) is 25.0 Å². The Kier molecular flexibility index (Phi) is 9.63. The Balaban J connectivity index is 0.00000353. The van der Waals surface area contributed by atoms with Gasteiger partial charge in [0.05, 0.1) is 26.2 Å². The van der Waals surface area contributed by atoms with Gasteiger partial charge in [-0.05, 0) is 37.9 Å². The lowest BCUT2D eigenvalue weighted by molar-refractivity contribution is 0.0665. The number of aromatic nitrogens is 1. The largest absolute Gasteiger partial charge is 0.347 e. The molecule has 0 unspecified atom stereocenters. The van der Waals surface area contributed by atoms with E-state index in [1.54, 1.807) is 35.2 Å².